The summed E-state index contributed by atoms with van der Waals surface area (Å²) in [5, 5.41) is 25.9. The van der Waals surface area contributed by atoms with Crippen LogP contribution >= 0.6 is 0 Å². The maximum atomic E-state index is 13.6. The number of carboxylic acid groups (broad SMARTS) is 1. The second kappa shape index (κ2) is 8.95. The summed E-state index contributed by atoms with van der Waals surface area (Å²) in [7, 11) is 2.83. The van der Waals surface area contributed by atoms with E-state index >= 15 is 0 Å². The van der Waals surface area contributed by atoms with E-state index in [1.165, 1.54) is 31.2 Å². The van der Waals surface area contributed by atoms with E-state index in [9.17, 15) is 19.6 Å². The summed E-state index contributed by atoms with van der Waals surface area (Å²) < 4.78 is 25.0. The number of hydrogen-bond acceptors (Lipinski definition) is 7. The van der Waals surface area contributed by atoms with Crippen molar-refractivity contribution in [2.45, 2.75) is 19.4 Å². The third kappa shape index (κ3) is 4.71. The van der Waals surface area contributed by atoms with Crippen LogP contribution in [0, 0.1) is 23.2 Å². The molecule has 0 fully saturated rings. The topological polar surface area (TPSA) is 122 Å². The third-order valence-electron chi connectivity index (χ3n) is 3.95. The number of methoxy groups -OCH3 is 2. The van der Waals surface area contributed by atoms with Gasteiger partial charge in [0, 0.05) is 31.1 Å². The summed E-state index contributed by atoms with van der Waals surface area (Å²) in [6.07, 6.45) is 1.87. The number of hydrogen-bond donors (Lipinski definition) is 2. The van der Waals surface area contributed by atoms with Crippen molar-refractivity contribution in [2.75, 3.05) is 26.1 Å². The number of nitriles is 1. The summed E-state index contributed by atoms with van der Waals surface area (Å²) >= 11 is 0. The highest BCUT2D eigenvalue weighted by atomic mass is 19.1. The molecule has 2 aromatic heterocycles. The number of rotatable bonds is 9. The van der Waals surface area contributed by atoms with Gasteiger partial charge in [0.2, 0.25) is 11.8 Å². The molecule has 0 saturated carbocycles. The number of halogens is 1. The number of ether oxygens (including phenoxy) is 2. The molecule has 0 saturated heterocycles. The Balaban J connectivity index is 2.44. The van der Waals surface area contributed by atoms with Gasteiger partial charge < -0.3 is 19.9 Å². The highest BCUT2D eigenvalue weighted by Gasteiger charge is 2.26. The highest BCUT2D eigenvalue weighted by Crippen LogP contribution is 2.27. The fourth-order valence-electron chi connectivity index (χ4n) is 2.59. The van der Waals surface area contributed by atoms with Gasteiger partial charge in [0.25, 0.3) is 0 Å². The predicted molar refractivity (Wildman–Crippen MR) is 93.5 cm³/mol. The number of anilines is 2. The third-order valence-corrected chi connectivity index (χ3v) is 3.95. The number of nitrogens with zero attached hydrogens (tertiary/aromatic N) is 4. The van der Waals surface area contributed by atoms with E-state index in [-0.39, 0.29) is 29.6 Å². The predicted octanol–water partition coefficient (Wildman–Crippen LogP) is 2.60. The Morgan fingerprint density at radius 2 is 2.22 bits per heavy atom. The molecular formula is C17H20FN5O4. The van der Waals surface area contributed by atoms with E-state index in [0.29, 0.717) is 6.42 Å². The molecule has 144 valence electrons. The largest absolute Gasteiger partial charge is 0.481 e. The summed E-state index contributed by atoms with van der Waals surface area (Å²) in [6, 6.07) is 4.21. The molecule has 2 rings (SSSR count). The van der Waals surface area contributed by atoms with E-state index in [4.69, 9.17) is 9.47 Å². The number of carbonyl (C=O) groups is 1. The lowest BCUT2D eigenvalue weighted by molar-refractivity contribution is 0.0697. The number of carboxylic acids is 1. The van der Waals surface area contributed by atoms with Crippen molar-refractivity contribution in [3.63, 3.8) is 0 Å². The molecule has 0 spiro atoms. The van der Waals surface area contributed by atoms with Crippen molar-refractivity contribution >= 4 is 17.5 Å². The van der Waals surface area contributed by atoms with E-state index < -0.39 is 23.9 Å². The van der Waals surface area contributed by atoms with Crippen molar-refractivity contribution in [3.05, 3.63) is 29.8 Å². The van der Waals surface area contributed by atoms with Gasteiger partial charge in [0.05, 0.1) is 31.7 Å². The summed E-state index contributed by atoms with van der Waals surface area (Å²) in [5.41, 5.74) is 0.0998. The van der Waals surface area contributed by atoms with Crippen LogP contribution in [0.4, 0.5) is 15.9 Å². The standard InChI is InChI=1S/C17H20FN5O4/c1-4-10(7-19)13(9-26-2)23-8-12(17(24)25)16(22-23)20-11-5-14(18)21-15(6-11)27-3/h5-6,8,10,13H,4,9H2,1-3H3,(H,24,25)(H,20,21,22). The Morgan fingerprint density at radius 1 is 1.48 bits per heavy atom. The molecule has 0 aliphatic carbocycles. The zero-order valence-electron chi connectivity index (χ0n) is 15.1. The van der Waals surface area contributed by atoms with E-state index in [2.05, 4.69) is 21.5 Å². The van der Waals surface area contributed by atoms with Crippen LogP contribution in [-0.4, -0.2) is 46.7 Å². The normalized spacial score (nSPS) is 12.9. The van der Waals surface area contributed by atoms with Crippen LogP contribution in [0.2, 0.25) is 0 Å². The van der Waals surface area contributed by atoms with E-state index in [0.717, 1.165) is 6.07 Å². The molecule has 9 nitrogen and oxygen atoms in total. The molecule has 2 aromatic rings. The van der Waals surface area contributed by atoms with E-state index in [1.54, 1.807) is 0 Å². The van der Waals surface area contributed by atoms with Crippen molar-refractivity contribution < 1.29 is 23.8 Å². The number of nitrogens with one attached hydrogen (secondary N) is 1. The van der Waals surface area contributed by atoms with Gasteiger partial charge in [0.1, 0.15) is 5.56 Å². The molecule has 10 heteroatoms. The van der Waals surface area contributed by atoms with Gasteiger partial charge in [-0.25, -0.2) is 4.79 Å². The SMILES string of the molecule is CCC(C#N)C(COC)n1cc(C(=O)O)c(Nc2cc(F)nc(OC)c2)n1. The first-order chi connectivity index (χ1) is 12.9. The van der Waals surface area contributed by atoms with Gasteiger partial charge >= 0.3 is 5.97 Å². The number of aromatic carboxylic acids is 1. The second-order valence-electron chi connectivity index (χ2n) is 5.69. The van der Waals surface area contributed by atoms with Gasteiger partial charge in [-0.3, -0.25) is 4.68 Å². The molecule has 2 atom stereocenters. The van der Waals surface area contributed by atoms with Crippen molar-refractivity contribution in [3.8, 4) is 11.9 Å². The quantitative estimate of drug-likeness (QED) is 0.640. The highest BCUT2D eigenvalue weighted by molar-refractivity contribution is 5.93. The maximum absolute atomic E-state index is 13.6. The zero-order chi connectivity index (χ0) is 20.0. The Kier molecular flexibility index (Phi) is 6.67. The van der Waals surface area contributed by atoms with Gasteiger partial charge in [0.15, 0.2) is 5.82 Å². The number of aromatic nitrogens is 3. The van der Waals surface area contributed by atoms with Crippen LogP contribution in [0.25, 0.3) is 0 Å². The van der Waals surface area contributed by atoms with Crippen LogP contribution in [-0.2, 0) is 4.74 Å². The van der Waals surface area contributed by atoms with Gasteiger partial charge in [-0.05, 0) is 6.42 Å². The molecule has 2 N–H and O–H groups in total. The van der Waals surface area contributed by atoms with Gasteiger partial charge in [-0.1, -0.05) is 6.92 Å². The van der Waals surface area contributed by atoms with Crippen LogP contribution < -0.4 is 10.1 Å². The fourth-order valence-corrected chi connectivity index (χ4v) is 2.59. The lowest BCUT2D eigenvalue weighted by Gasteiger charge is -2.20. The van der Waals surface area contributed by atoms with Crippen molar-refractivity contribution in [2.24, 2.45) is 5.92 Å². The van der Waals surface area contributed by atoms with Crippen molar-refractivity contribution in [1.29, 1.82) is 5.26 Å². The van der Waals surface area contributed by atoms with Crippen LogP contribution in [0.3, 0.4) is 0 Å². The zero-order valence-corrected chi connectivity index (χ0v) is 15.1. The summed E-state index contributed by atoms with van der Waals surface area (Å²) in [6.45, 7) is 2.04. The fraction of sp³-hybridized carbons (Fsp3) is 0.412. The van der Waals surface area contributed by atoms with E-state index in [1.807, 2.05) is 6.92 Å². The van der Waals surface area contributed by atoms with Crippen LogP contribution in [0.15, 0.2) is 18.3 Å². The summed E-state index contributed by atoms with van der Waals surface area (Å²) in [4.78, 5) is 15.1. The first kappa shape index (κ1) is 20.1. The minimum Gasteiger partial charge on any atom is -0.481 e. The monoisotopic (exact) mass is 377 g/mol. The lowest BCUT2D eigenvalue weighted by Crippen LogP contribution is -2.23. The Hall–Kier alpha value is -3.19. The Morgan fingerprint density at radius 3 is 2.78 bits per heavy atom. The smallest absolute Gasteiger partial charge is 0.341 e. The van der Waals surface area contributed by atoms with Gasteiger partial charge in [-0.15, -0.1) is 0 Å². The molecule has 0 radical (unpaired) electrons. The molecule has 0 aromatic carbocycles. The Labute approximate surface area is 155 Å². The van der Waals surface area contributed by atoms with Gasteiger partial charge in [-0.2, -0.15) is 19.7 Å². The molecule has 2 heterocycles. The number of pyridine rings is 1. The molecule has 0 aliphatic rings. The minimum absolute atomic E-state index is 0.00375. The lowest BCUT2D eigenvalue weighted by atomic mass is 9.99. The van der Waals surface area contributed by atoms with Crippen LogP contribution in [0.5, 0.6) is 5.88 Å². The van der Waals surface area contributed by atoms with Crippen molar-refractivity contribution in [1.82, 2.24) is 14.8 Å². The van der Waals surface area contributed by atoms with Crippen LogP contribution in [0.1, 0.15) is 29.7 Å². The second-order valence-corrected chi connectivity index (χ2v) is 5.69. The molecule has 0 aliphatic heterocycles. The molecule has 2 unspecified atom stereocenters. The molecular weight excluding hydrogens is 357 g/mol. The maximum Gasteiger partial charge on any atom is 0.341 e. The molecule has 0 amide bonds. The first-order valence-electron chi connectivity index (χ1n) is 8.13. The first-order valence-corrected chi connectivity index (χ1v) is 8.13. The molecule has 0 bridgehead atoms. The Bertz CT molecular complexity index is 848. The molecule has 27 heavy (non-hydrogen) atoms. The average molecular weight is 377 g/mol. The summed E-state index contributed by atoms with van der Waals surface area (Å²) in [5.74, 6) is -2.39. The minimum atomic E-state index is -1.22. The average Bonchev–Trinajstić information content (AvgIpc) is 3.05.